The molecule has 0 saturated heterocycles. The van der Waals surface area contributed by atoms with Crippen molar-refractivity contribution in [2.45, 2.75) is 12.8 Å². The Hall–Kier alpha value is -2.47. The number of benzene rings is 1. The molecule has 1 aromatic heterocycles. The topological polar surface area (TPSA) is 101 Å². The molecule has 1 aromatic carbocycles. The standard InChI is InChI=1S/C14H16N4O2/c15-13-7-6-12(17-18-13)14(20)16-11-5-1-3-10(9-11)4-2-8-19/h1,3,5-7,9,19H,2,4,8H2,(H2,15,18)(H,16,20). The lowest BCUT2D eigenvalue weighted by atomic mass is 10.1. The van der Waals surface area contributed by atoms with Gasteiger partial charge in [0, 0.05) is 12.3 Å². The summed E-state index contributed by atoms with van der Waals surface area (Å²) < 4.78 is 0. The quantitative estimate of drug-likeness (QED) is 0.760. The van der Waals surface area contributed by atoms with Crippen LogP contribution in [0.4, 0.5) is 11.5 Å². The Balaban J connectivity index is 2.05. The predicted molar refractivity (Wildman–Crippen MR) is 76.2 cm³/mol. The summed E-state index contributed by atoms with van der Waals surface area (Å²) in [6, 6.07) is 10.5. The van der Waals surface area contributed by atoms with Gasteiger partial charge in [-0.2, -0.15) is 0 Å². The third kappa shape index (κ3) is 3.76. The molecule has 0 aliphatic heterocycles. The van der Waals surface area contributed by atoms with Crippen LogP contribution in [0.1, 0.15) is 22.5 Å². The first-order valence-electron chi connectivity index (χ1n) is 6.29. The molecule has 6 nitrogen and oxygen atoms in total. The highest BCUT2D eigenvalue weighted by atomic mass is 16.2. The summed E-state index contributed by atoms with van der Waals surface area (Å²) in [6.07, 6.45) is 1.46. The molecule has 0 saturated carbocycles. The van der Waals surface area contributed by atoms with Gasteiger partial charge < -0.3 is 16.2 Å². The third-order valence-electron chi connectivity index (χ3n) is 2.73. The number of carbonyl (C=O) groups excluding carboxylic acids is 1. The van der Waals surface area contributed by atoms with E-state index in [1.54, 1.807) is 6.07 Å². The lowest BCUT2D eigenvalue weighted by Gasteiger charge is -2.06. The van der Waals surface area contributed by atoms with E-state index in [2.05, 4.69) is 15.5 Å². The highest BCUT2D eigenvalue weighted by Crippen LogP contribution is 2.13. The van der Waals surface area contributed by atoms with E-state index in [1.807, 2.05) is 18.2 Å². The van der Waals surface area contributed by atoms with Crippen LogP contribution in [0.3, 0.4) is 0 Å². The van der Waals surface area contributed by atoms with E-state index in [9.17, 15) is 4.79 Å². The van der Waals surface area contributed by atoms with E-state index >= 15 is 0 Å². The Labute approximate surface area is 116 Å². The largest absolute Gasteiger partial charge is 0.396 e. The number of hydrogen-bond donors (Lipinski definition) is 3. The molecule has 1 heterocycles. The van der Waals surface area contributed by atoms with Gasteiger partial charge in [-0.05, 0) is 42.7 Å². The minimum atomic E-state index is -0.336. The smallest absolute Gasteiger partial charge is 0.276 e. The fourth-order valence-electron chi connectivity index (χ4n) is 1.75. The van der Waals surface area contributed by atoms with Gasteiger partial charge in [0.05, 0.1) is 0 Å². The third-order valence-corrected chi connectivity index (χ3v) is 2.73. The second-order valence-corrected chi connectivity index (χ2v) is 4.33. The normalized spacial score (nSPS) is 10.2. The van der Waals surface area contributed by atoms with Crippen molar-refractivity contribution in [1.82, 2.24) is 10.2 Å². The summed E-state index contributed by atoms with van der Waals surface area (Å²) in [7, 11) is 0. The molecule has 4 N–H and O–H groups in total. The predicted octanol–water partition coefficient (Wildman–Crippen LogP) is 1.24. The Bertz CT molecular complexity index is 584. The van der Waals surface area contributed by atoms with E-state index < -0.39 is 0 Å². The number of hydrogen-bond acceptors (Lipinski definition) is 5. The SMILES string of the molecule is Nc1ccc(C(=O)Nc2cccc(CCCO)c2)nn1. The maximum atomic E-state index is 12.0. The Morgan fingerprint density at radius 3 is 2.80 bits per heavy atom. The van der Waals surface area contributed by atoms with Crippen molar-refractivity contribution in [1.29, 1.82) is 0 Å². The zero-order valence-corrected chi connectivity index (χ0v) is 10.9. The first kappa shape index (κ1) is 14.0. The maximum Gasteiger partial charge on any atom is 0.276 e. The molecule has 0 unspecified atom stereocenters. The molecule has 2 rings (SSSR count). The van der Waals surface area contributed by atoms with Crippen molar-refractivity contribution in [3.05, 3.63) is 47.7 Å². The summed E-state index contributed by atoms with van der Waals surface area (Å²) in [6.45, 7) is 0.150. The number of nitrogens with two attached hydrogens (primary N) is 1. The molecule has 0 spiro atoms. The Morgan fingerprint density at radius 2 is 2.10 bits per heavy atom. The lowest BCUT2D eigenvalue weighted by molar-refractivity contribution is 0.102. The molecular weight excluding hydrogens is 256 g/mol. The Kier molecular flexibility index (Phi) is 4.62. The van der Waals surface area contributed by atoms with Crippen molar-refractivity contribution < 1.29 is 9.90 Å². The van der Waals surface area contributed by atoms with Crippen LogP contribution in [0.25, 0.3) is 0 Å². The zero-order chi connectivity index (χ0) is 14.4. The van der Waals surface area contributed by atoms with Crippen molar-refractivity contribution in [3.63, 3.8) is 0 Å². The molecule has 0 atom stereocenters. The van der Waals surface area contributed by atoms with Crippen LogP contribution < -0.4 is 11.1 Å². The number of aliphatic hydroxyl groups excluding tert-OH is 1. The first-order valence-corrected chi connectivity index (χ1v) is 6.29. The average Bonchev–Trinajstić information content (AvgIpc) is 2.46. The first-order chi connectivity index (χ1) is 9.69. The molecule has 1 amide bonds. The van der Waals surface area contributed by atoms with Gasteiger partial charge in [-0.15, -0.1) is 10.2 Å². The van der Waals surface area contributed by atoms with Gasteiger partial charge in [0.25, 0.3) is 5.91 Å². The molecule has 104 valence electrons. The second kappa shape index (κ2) is 6.63. The molecule has 20 heavy (non-hydrogen) atoms. The molecular formula is C14H16N4O2. The summed E-state index contributed by atoms with van der Waals surface area (Å²) >= 11 is 0. The minimum Gasteiger partial charge on any atom is -0.396 e. The number of carbonyl (C=O) groups is 1. The summed E-state index contributed by atoms with van der Waals surface area (Å²) in [5.41, 5.74) is 7.37. The highest BCUT2D eigenvalue weighted by molar-refractivity contribution is 6.02. The number of nitrogens with one attached hydrogen (secondary N) is 1. The van der Waals surface area contributed by atoms with Crippen LogP contribution >= 0.6 is 0 Å². The monoisotopic (exact) mass is 272 g/mol. The average molecular weight is 272 g/mol. The molecule has 0 radical (unpaired) electrons. The van der Waals surface area contributed by atoms with Gasteiger partial charge in [0.15, 0.2) is 5.69 Å². The maximum absolute atomic E-state index is 12.0. The molecule has 0 bridgehead atoms. The van der Waals surface area contributed by atoms with Crippen LogP contribution in [-0.2, 0) is 6.42 Å². The zero-order valence-electron chi connectivity index (χ0n) is 10.9. The van der Waals surface area contributed by atoms with Gasteiger partial charge in [-0.25, -0.2) is 0 Å². The van der Waals surface area contributed by atoms with Crippen molar-refractivity contribution in [2.75, 3.05) is 17.7 Å². The Morgan fingerprint density at radius 1 is 1.25 bits per heavy atom. The van der Waals surface area contributed by atoms with Crippen LogP contribution in [0.15, 0.2) is 36.4 Å². The molecule has 0 aliphatic rings. The van der Waals surface area contributed by atoms with Crippen molar-refractivity contribution in [3.8, 4) is 0 Å². The number of nitrogen functional groups attached to an aromatic ring is 1. The number of aromatic nitrogens is 2. The minimum absolute atomic E-state index is 0.150. The highest BCUT2D eigenvalue weighted by Gasteiger charge is 2.08. The van der Waals surface area contributed by atoms with Gasteiger partial charge in [-0.3, -0.25) is 4.79 Å². The van der Waals surface area contributed by atoms with E-state index in [0.29, 0.717) is 12.1 Å². The molecule has 0 aliphatic carbocycles. The number of nitrogens with zero attached hydrogens (tertiary/aromatic N) is 2. The summed E-state index contributed by atoms with van der Waals surface area (Å²) in [5, 5.41) is 18.9. The van der Waals surface area contributed by atoms with Crippen LogP contribution in [0, 0.1) is 0 Å². The lowest BCUT2D eigenvalue weighted by Crippen LogP contribution is -2.14. The molecule has 2 aromatic rings. The van der Waals surface area contributed by atoms with E-state index in [0.717, 1.165) is 12.0 Å². The van der Waals surface area contributed by atoms with E-state index in [4.69, 9.17) is 10.8 Å². The van der Waals surface area contributed by atoms with Gasteiger partial charge in [0.1, 0.15) is 5.82 Å². The number of anilines is 2. The van der Waals surface area contributed by atoms with Gasteiger partial charge >= 0.3 is 0 Å². The van der Waals surface area contributed by atoms with E-state index in [-0.39, 0.29) is 24.0 Å². The fraction of sp³-hybridized carbons (Fsp3) is 0.214. The molecule has 6 heteroatoms. The number of rotatable bonds is 5. The van der Waals surface area contributed by atoms with Crippen LogP contribution in [0.5, 0.6) is 0 Å². The van der Waals surface area contributed by atoms with Crippen LogP contribution in [-0.4, -0.2) is 27.8 Å². The van der Waals surface area contributed by atoms with Gasteiger partial charge in [0.2, 0.25) is 0 Å². The molecule has 0 fully saturated rings. The fourth-order valence-corrected chi connectivity index (χ4v) is 1.75. The van der Waals surface area contributed by atoms with Crippen molar-refractivity contribution in [2.24, 2.45) is 0 Å². The van der Waals surface area contributed by atoms with Crippen LogP contribution in [0.2, 0.25) is 0 Å². The van der Waals surface area contributed by atoms with Gasteiger partial charge in [-0.1, -0.05) is 12.1 Å². The van der Waals surface area contributed by atoms with E-state index in [1.165, 1.54) is 12.1 Å². The number of aliphatic hydroxyl groups is 1. The summed E-state index contributed by atoms with van der Waals surface area (Å²) in [5.74, 6) is -0.0654. The number of amides is 1. The summed E-state index contributed by atoms with van der Waals surface area (Å²) in [4.78, 5) is 12.0. The second-order valence-electron chi connectivity index (χ2n) is 4.33. The number of aryl methyl sites for hydroxylation is 1. The van der Waals surface area contributed by atoms with Crippen molar-refractivity contribution >= 4 is 17.4 Å².